The molecular formula is C12H17ClN2OS. The maximum Gasteiger partial charge on any atom is 0.266 e. The molecule has 0 spiro atoms. The molecule has 1 aromatic heterocycles. The quantitative estimate of drug-likeness (QED) is 0.789. The molecule has 1 amide bonds. The van der Waals surface area contributed by atoms with E-state index in [1.54, 1.807) is 5.51 Å². The molecule has 1 saturated carbocycles. The molecule has 0 saturated heterocycles. The van der Waals surface area contributed by atoms with Gasteiger partial charge in [0.25, 0.3) is 5.91 Å². The normalized spacial score (nSPS) is 16.4. The first-order valence-electron chi connectivity index (χ1n) is 6.01. The Morgan fingerprint density at radius 3 is 2.82 bits per heavy atom. The van der Waals surface area contributed by atoms with Gasteiger partial charge in [0.15, 0.2) is 0 Å². The smallest absolute Gasteiger partial charge is 0.266 e. The van der Waals surface area contributed by atoms with Crippen molar-refractivity contribution in [1.82, 2.24) is 9.88 Å². The second-order valence-electron chi connectivity index (χ2n) is 4.39. The van der Waals surface area contributed by atoms with Crippen LogP contribution in [0.3, 0.4) is 0 Å². The molecule has 1 aliphatic rings. The fourth-order valence-electron chi connectivity index (χ4n) is 2.39. The minimum absolute atomic E-state index is 0.109. The zero-order valence-corrected chi connectivity index (χ0v) is 11.6. The van der Waals surface area contributed by atoms with E-state index >= 15 is 0 Å². The Balaban J connectivity index is 2.15. The highest BCUT2D eigenvalue weighted by molar-refractivity contribution is 7.11. The zero-order valence-electron chi connectivity index (χ0n) is 9.99. The van der Waals surface area contributed by atoms with Gasteiger partial charge in [0, 0.05) is 18.5 Å². The number of hydrogen-bond acceptors (Lipinski definition) is 3. The average molecular weight is 273 g/mol. The molecule has 2 rings (SSSR count). The first-order valence-corrected chi connectivity index (χ1v) is 7.42. The van der Waals surface area contributed by atoms with Crippen LogP contribution in [0.2, 0.25) is 0 Å². The van der Waals surface area contributed by atoms with Crippen molar-refractivity contribution in [2.75, 3.05) is 12.4 Å². The number of carbonyl (C=O) groups excluding carboxylic acids is 1. The standard InChI is InChI=1S/C12H17ClN2OS/c1-9-11(17-8-14-9)12(16)15(7-6-13)10-4-2-3-5-10/h8,10H,2-7H2,1H3. The van der Waals surface area contributed by atoms with Crippen molar-refractivity contribution in [1.29, 1.82) is 0 Å². The number of carbonyl (C=O) groups is 1. The van der Waals surface area contributed by atoms with Gasteiger partial charge < -0.3 is 4.90 Å². The number of thiazole rings is 1. The van der Waals surface area contributed by atoms with E-state index in [0.29, 0.717) is 18.5 Å². The number of alkyl halides is 1. The number of aromatic nitrogens is 1. The fourth-order valence-corrected chi connectivity index (χ4v) is 3.33. The highest BCUT2D eigenvalue weighted by atomic mass is 35.5. The molecule has 5 heteroatoms. The molecule has 0 N–H and O–H groups in total. The third kappa shape index (κ3) is 2.80. The lowest BCUT2D eigenvalue weighted by atomic mass is 10.2. The van der Waals surface area contributed by atoms with E-state index in [2.05, 4.69) is 4.98 Å². The van der Waals surface area contributed by atoms with Gasteiger partial charge in [-0.1, -0.05) is 12.8 Å². The lowest BCUT2D eigenvalue weighted by Crippen LogP contribution is -2.40. The summed E-state index contributed by atoms with van der Waals surface area (Å²) < 4.78 is 0. The van der Waals surface area contributed by atoms with Crippen LogP contribution in [0.15, 0.2) is 5.51 Å². The molecule has 1 heterocycles. The second-order valence-corrected chi connectivity index (χ2v) is 5.63. The molecule has 17 heavy (non-hydrogen) atoms. The van der Waals surface area contributed by atoms with Crippen molar-refractivity contribution >= 4 is 28.8 Å². The molecule has 0 aliphatic heterocycles. The van der Waals surface area contributed by atoms with Gasteiger partial charge >= 0.3 is 0 Å². The Bertz CT molecular complexity index is 388. The van der Waals surface area contributed by atoms with E-state index in [9.17, 15) is 4.79 Å². The summed E-state index contributed by atoms with van der Waals surface area (Å²) in [5, 5.41) is 0. The van der Waals surface area contributed by atoms with Gasteiger partial charge in [-0.05, 0) is 19.8 Å². The van der Waals surface area contributed by atoms with Crippen LogP contribution in [0.1, 0.15) is 41.0 Å². The molecule has 0 atom stereocenters. The Morgan fingerprint density at radius 1 is 1.59 bits per heavy atom. The highest BCUT2D eigenvalue weighted by Gasteiger charge is 2.28. The molecule has 0 unspecified atom stereocenters. The molecule has 1 aromatic rings. The summed E-state index contributed by atoms with van der Waals surface area (Å²) in [6.07, 6.45) is 4.66. The summed E-state index contributed by atoms with van der Waals surface area (Å²) in [5.41, 5.74) is 2.56. The number of aryl methyl sites for hydroxylation is 1. The minimum Gasteiger partial charge on any atom is -0.334 e. The van der Waals surface area contributed by atoms with Crippen molar-refractivity contribution in [3.8, 4) is 0 Å². The first kappa shape index (κ1) is 12.8. The van der Waals surface area contributed by atoms with Gasteiger partial charge in [0.2, 0.25) is 0 Å². The van der Waals surface area contributed by atoms with Crippen molar-refractivity contribution in [2.45, 2.75) is 38.6 Å². The van der Waals surface area contributed by atoms with Crippen LogP contribution in [0.5, 0.6) is 0 Å². The van der Waals surface area contributed by atoms with E-state index in [4.69, 9.17) is 11.6 Å². The summed E-state index contributed by atoms with van der Waals surface area (Å²) >= 11 is 7.24. The molecule has 0 radical (unpaired) electrons. The van der Waals surface area contributed by atoms with Gasteiger partial charge in [0.1, 0.15) is 4.88 Å². The van der Waals surface area contributed by atoms with Gasteiger partial charge in [-0.15, -0.1) is 22.9 Å². The van der Waals surface area contributed by atoms with Gasteiger partial charge in [-0.3, -0.25) is 4.79 Å². The first-order chi connectivity index (χ1) is 8.24. The lowest BCUT2D eigenvalue weighted by molar-refractivity contribution is 0.0699. The third-order valence-electron chi connectivity index (χ3n) is 3.29. The molecule has 3 nitrogen and oxygen atoms in total. The van der Waals surface area contributed by atoms with Crippen LogP contribution in [-0.4, -0.2) is 34.3 Å². The molecule has 0 aromatic carbocycles. The predicted octanol–water partition coefficient (Wildman–Crippen LogP) is 3.08. The average Bonchev–Trinajstić information content (AvgIpc) is 2.95. The Kier molecular flexibility index (Phi) is 4.40. The summed E-state index contributed by atoms with van der Waals surface area (Å²) in [6, 6.07) is 0.378. The van der Waals surface area contributed by atoms with Crippen LogP contribution >= 0.6 is 22.9 Å². The third-order valence-corrected chi connectivity index (χ3v) is 4.38. The van der Waals surface area contributed by atoms with Crippen molar-refractivity contribution in [3.63, 3.8) is 0 Å². The topological polar surface area (TPSA) is 33.2 Å². The maximum atomic E-state index is 12.4. The molecule has 1 fully saturated rings. The number of hydrogen-bond donors (Lipinski definition) is 0. The molecule has 94 valence electrons. The Hall–Kier alpha value is -0.610. The van der Waals surface area contributed by atoms with E-state index in [1.807, 2.05) is 11.8 Å². The zero-order chi connectivity index (χ0) is 12.3. The summed E-state index contributed by atoms with van der Waals surface area (Å²) in [4.78, 5) is 19.3. The van der Waals surface area contributed by atoms with Gasteiger partial charge in [-0.2, -0.15) is 0 Å². The van der Waals surface area contributed by atoms with Gasteiger partial charge in [-0.25, -0.2) is 4.98 Å². The number of nitrogens with zero attached hydrogens (tertiary/aromatic N) is 2. The van der Waals surface area contributed by atoms with E-state index < -0.39 is 0 Å². The van der Waals surface area contributed by atoms with Crippen molar-refractivity contribution < 1.29 is 4.79 Å². The number of rotatable bonds is 4. The van der Waals surface area contributed by atoms with E-state index in [0.717, 1.165) is 23.4 Å². The molecule has 0 bridgehead atoms. The van der Waals surface area contributed by atoms with E-state index in [-0.39, 0.29) is 5.91 Å². The van der Waals surface area contributed by atoms with Crippen molar-refractivity contribution in [3.05, 3.63) is 16.1 Å². The van der Waals surface area contributed by atoms with Crippen LogP contribution in [0.4, 0.5) is 0 Å². The molecular weight excluding hydrogens is 256 g/mol. The van der Waals surface area contributed by atoms with Crippen LogP contribution in [0.25, 0.3) is 0 Å². The highest BCUT2D eigenvalue weighted by Crippen LogP contribution is 2.26. The second kappa shape index (κ2) is 5.83. The molecule has 1 aliphatic carbocycles. The van der Waals surface area contributed by atoms with Crippen molar-refractivity contribution in [2.24, 2.45) is 0 Å². The summed E-state index contributed by atoms with van der Waals surface area (Å²) in [5.74, 6) is 0.609. The van der Waals surface area contributed by atoms with Crippen LogP contribution in [-0.2, 0) is 0 Å². The lowest BCUT2D eigenvalue weighted by Gasteiger charge is -2.28. The van der Waals surface area contributed by atoms with Gasteiger partial charge in [0.05, 0.1) is 11.2 Å². The number of amides is 1. The Labute approximate surface area is 111 Å². The van der Waals surface area contributed by atoms with E-state index in [1.165, 1.54) is 24.2 Å². The fraction of sp³-hybridized carbons (Fsp3) is 0.667. The summed E-state index contributed by atoms with van der Waals surface area (Å²) in [7, 11) is 0. The largest absolute Gasteiger partial charge is 0.334 e. The van der Waals surface area contributed by atoms with Crippen LogP contribution < -0.4 is 0 Å². The van der Waals surface area contributed by atoms with Crippen LogP contribution in [0, 0.1) is 6.92 Å². The maximum absolute atomic E-state index is 12.4. The minimum atomic E-state index is 0.109. The SMILES string of the molecule is Cc1ncsc1C(=O)N(CCCl)C1CCCC1. The Morgan fingerprint density at radius 2 is 2.29 bits per heavy atom. The predicted molar refractivity (Wildman–Crippen MR) is 70.9 cm³/mol. The summed E-state index contributed by atoms with van der Waals surface area (Å²) in [6.45, 7) is 2.53. The number of halogens is 1. The monoisotopic (exact) mass is 272 g/mol.